The van der Waals surface area contributed by atoms with Crippen molar-refractivity contribution in [2.75, 3.05) is 0 Å². The summed E-state index contributed by atoms with van der Waals surface area (Å²) in [5, 5.41) is 22.7. The van der Waals surface area contributed by atoms with E-state index in [0.29, 0.717) is 12.0 Å². The zero-order valence-electron chi connectivity index (χ0n) is 17.5. The molecule has 0 saturated heterocycles. The van der Waals surface area contributed by atoms with Crippen LogP contribution in [0.1, 0.15) is 102 Å². The Bertz CT molecular complexity index is 573. The van der Waals surface area contributed by atoms with Crippen LogP contribution in [0.2, 0.25) is 0 Å². The molecule has 5 heteroatoms. The number of phenols is 2. The number of nitrogens with one attached hydrogen (secondary N) is 1. The maximum Gasteiger partial charge on any atom is 0.240 e. The molecule has 0 spiro atoms. The van der Waals surface area contributed by atoms with Crippen molar-refractivity contribution in [1.82, 2.24) is 5.43 Å². The summed E-state index contributed by atoms with van der Waals surface area (Å²) in [7, 11) is 0. The summed E-state index contributed by atoms with van der Waals surface area (Å²) in [5.41, 5.74) is 2.92. The van der Waals surface area contributed by atoms with Crippen LogP contribution >= 0.6 is 0 Å². The molecular formula is C23H38N2O3. The first-order valence-corrected chi connectivity index (χ1v) is 11.0. The van der Waals surface area contributed by atoms with Gasteiger partial charge in [-0.1, -0.05) is 84.0 Å². The minimum absolute atomic E-state index is 0.0129. The highest BCUT2D eigenvalue weighted by Crippen LogP contribution is 2.20. The number of aromatic hydroxyl groups is 2. The zero-order chi connectivity index (χ0) is 20.5. The summed E-state index contributed by atoms with van der Waals surface area (Å²) in [4.78, 5) is 11.7. The Balaban J connectivity index is 1.93. The van der Waals surface area contributed by atoms with E-state index in [1.807, 2.05) is 0 Å². The maximum atomic E-state index is 11.7. The van der Waals surface area contributed by atoms with Crippen molar-refractivity contribution in [2.24, 2.45) is 5.10 Å². The van der Waals surface area contributed by atoms with Crippen LogP contribution in [0.25, 0.3) is 0 Å². The number of phenolic OH excluding ortho intramolecular Hbond substituents is 2. The van der Waals surface area contributed by atoms with Crippen LogP contribution in [0.15, 0.2) is 23.3 Å². The molecule has 1 aromatic rings. The van der Waals surface area contributed by atoms with Gasteiger partial charge in [-0.05, 0) is 18.6 Å². The quantitative estimate of drug-likeness (QED) is 0.183. The van der Waals surface area contributed by atoms with Crippen LogP contribution in [0.3, 0.4) is 0 Å². The van der Waals surface area contributed by atoms with Crippen molar-refractivity contribution in [3.8, 4) is 11.5 Å². The van der Waals surface area contributed by atoms with Crippen molar-refractivity contribution in [3.63, 3.8) is 0 Å². The molecular weight excluding hydrogens is 352 g/mol. The van der Waals surface area contributed by atoms with Gasteiger partial charge in [0.05, 0.1) is 6.21 Å². The molecule has 0 saturated carbocycles. The molecule has 0 fully saturated rings. The molecule has 1 amide bonds. The van der Waals surface area contributed by atoms with Crippen LogP contribution in [0.5, 0.6) is 11.5 Å². The summed E-state index contributed by atoms with van der Waals surface area (Å²) < 4.78 is 0. The third-order valence-corrected chi connectivity index (χ3v) is 4.91. The lowest BCUT2D eigenvalue weighted by molar-refractivity contribution is -0.121. The average Bonchev–Trinajstić information content (AvgIpc) is 2.67. The largest absolute Gasteiger partial charge is 0.508 e. The van der Waals surface area contributed by atoms with E-state index in [-0.39, 0.29) is 17.4 Å². The summed E-state index contributed by atoms with van der Waals surface area (Å²) in [6.07, 6.45) is 18.5. The van der Waals surface area contributed by atoms with Crippen LogP contribution in [-0.2, 0) is 4.79 Å². The van der Waals surface area contributed by atoms with Gasteiger partial charge in [-0.15, -0.1) is 0 Å². The minimum Gasteiger partial charge on any atom is -0.508 e. The number of carbonyl (C=O) groups excluding carboxylic acids is 1. The molecule has 158 valence electrons. The van der Waals surface area contributed by atoms with Crippen LogP contribution in [0.4, 0.5) is 0 Å². The molecule has 0 radical (unpaired) electrons. The first kappa shape index (κ1) is 24.0. The van der Waals surface area contributed by atoms with Crippen LogP contribution in [0, 0.1) is 0 Å². The van der Waals surface area contributed by atoms with Gasteiger partial charge in [0.25, 0.3) is 0 Å². The fraction of sp³-hybridized carbons (Fsp3) is 0.652. The molecule has 0 aromatic heterocycles. The third kappa shape index (κ3) is 12.4. The lowest BCUT2D eigenvalue weighted by Crippen LogP contribution is -2.16. The Morgan fingerprint density at radius 3 is 1.96 bits per heavy atom. The van der Waals surface area contributed by atoms with E-state index in [4.69, 9.17) is 0 Å². The number of rotatable bonds is 16. The smallest absolute Gasteiger partial charge is 0.240 e. The SMILES string of the molecule is CCCCCCCCCCCCCCCC(=O)N/N=C/c1ccc(O)cc1O. The van der Waals surface area contributed by atoms with Gasteiger partial charge in [0, 0.05) is 18.1 Å². The summed E-state index contributed by atoms with van der Waals surface area (Å²) in [5.74, 6) is -0.201. The molecule has 5 nitrogen and oxygen atoms in total. The number of nitrogens with zero attached hydrogens (tertiary/aromatic N) is 1. The number of benzene rings is 1. The molecule has 0 unspecified atom stereocenters. The predicted molar refractivity (Wildman–Crippen MR) is 116 cm³/mol. The van der Waals surface area contributed by atoms with E-state index < -0.39 is 0 Å². The van der Waals surface area contributed by atoms with Gasteiger partial charge in [0.15, 0.2) is 0 Å². The number of hydrogen-bond acceptors (Lipinski definition) is 4. The van der Waals surface area contributed by atoms with E-state index in [9.17, 15) is 15.0 Å². The molecule has 3 N–H and O–H groups in total. The van der Waals surface area contributed by atoms with Gasteiger partial charge in [0.2, 0.25) is 5.91 Å². The number of carbonyl (C=O) groups is 1. The molecule has 0 aliphatic rings. The number of hydrazone groups is 1. The van der Waals surface area contributed by atoms with E-state index >= 15 is 0 Å². The fourth-order valence-corrected chi connectivity index (χ4v) is 3.17. The molecule has 1 aromatic carbocycles. The number of unbranched alkanes of at least 4 members (excludes halogenated alkanes) is 12. The monoisotopic (exact) mass is 390 g/mol. The van der Waals surface area contributed by atoms with E-state index in [2.05, 4.69) is 17.5 Å². The van der Waals surface area contributed by atoms with Crippen LogP contribution in [-0.4, -0.2) is 22.3 Å². The lowest BCUT2D eigenvalue weighted by Gasteiger charge is -2.03. The number of hydrogen-bond donors (Lipinski definition) is 3. The van der Waals surface area contributed by atoms with Gasteiger partial charge >= 0.3 is 0 Å². The van der Waals surface area contributed by atoms with Crippen molar-refractivity contribution in [1.29, 1.82) is 0 Å². The second kappa shape index (κ2) is 16.0. The van der Waals surface area contributed by atoms with E-state index in [0.717, 1.165) is 12.8 Å². The first-order valence-electron chi connectivity index (χ1n) is 11.0. The van der Waals surface area contributed by atoms with Crippen molar-refractivity contribution >= 4 is 12.1 Å². The highest BCUT2D eigenvalue weighted by molar-refractivity contribution is 5.85. The molecule has 0 atom stereocenters. The van der Waals surface area contributed by atoms with E-state index in [1.54, 1.807) is 0 Å². The molecule has 0 bridgehead atoms. The molecule has 1 rings (SSSR count). The van der Waals surface area contributed by atoms with Crippen LogP contribution < -0.4 is 5.43 Å². The average molecular weight is 391 g/mol. The first-order chi connectivity index (χ1) is 13.6. The maximum absolute atomic E-state index is 11.7. The zero-order valence-corrected chi connectivity index (χ0v) is 17.5. The standard InChI is InChI=1S/C23H38N2O3/c1-2-3-4-5-6-7-8-9-10-11-12-13-14-15-23(28)25-24-19-20-16-17-21(26)18-22(20)27/h16-19,26-27H,2-15H2,1H3,(H,25,28)/b24-19+. The van der Waals surface area contributed by atoms with Gasteiger partial charge < -0.3 is 10.2 Å². The van der Waals surface area contributed by atoms with Crippen molar-refractivity contribution in [2.45, 2.75) is 96.8 Å². The highest BCUT2D eigenvalue weighted by atomic mass is 16.3. The minimum atomic E-state index is -0.113. The van der Waals surface area contributed by atoms with E-state index in [1.165, 1.54) is 95.0 Å². The number of amides is 1. The van der Waals surface area contributed by atoms with Gasteiger partial charge in [-0.3, -0.25) is 4.79 Å². The molecule has 28 heavy (non-hydrogen) atoms. The fourth-order valence-electron chi connectivity index (χ4n) is 3.17. The third-order valence-electron chi connectivity index (χ3n) is 4.91. The van der Waals surface area contributed by atoms with Gasteiger partial charge in [0.1, 0.15) is 11.5 Å². The topological polar surface area (TPSA) is 81.9 Å². The summed E-state index contributed by atoms with van der Waals surface area (Å²) in [6, 6.07) is 4.22. The predicted octanol–water partition coefficient (Wildman–Crippen LogP) is 6.03. The molecule has 0 heterocycles. The van der Waals surface area contributed by atoms with Crippen molar-refractivity contribution < 1.29 is 15.0 Å². The molecule has 0 aliphatic carbocycles. The van der Waals surface area contributed by atoms with Crippen molar-refractivity contribution in [3.05, 3.63) is 23.8 Å². The Hall–Kier alpha value is -2.04. The molecule has 0 aliphatic heterocycles. The Morgan fingerprint density at radius 1 is 0.893 bits per heavy atom. The second-order valence-electron chi connectivity index (χ2n) is 7.53. The Morgan fingerprint density at radius 2 is 1.43 bits per heavy atom. The second-order valence-corrected chi connectivity index (χ2v) is 7.53. The van der Waals surface area contributed by atoms with Gasteiger partial charge in [-0.2, -0.15) is 5.10 Å². The summed E-state index contributed by atoms with van der Waals surface area (Å²) >= 11 is 0. The van der Waals surface area contributed by atoms with Gasteiger partial charge in [-0.25, -0.2) is 5.43 Å². The lowest BCUT2D eigenvalue weighted by atomic mass is 10.0. The Kier molecular flexibility index (Phi) is 13.7. The highest BCUT2D eigenvalue weighted by Gasteiger charge is 2.01. The normalized spacial score (nSPS) is 11.2. The Labute approximate surface area is 170 Å². The summed E-state index contributed by atoms with van der Waals surface area (Å²) in [6.45, 7) is 2.26.